The Morgan fingerprint density at radius 3 is 2.82 bits per heavy atom. The summed E-state index contributed by atoms with van der Waals surface area (Å²) in [5.41, 5.74) is 1.48. The van der Waals surface area contributed by atoms with Gasteiger partial charge < -0.3 is 9.26 Å². The fraction of sp³-hybridized carbons (Fsp3) is 0.500. The molecule has 0 atom stereocenters. The van der Waals surface area contributed by atoms with Gasteiger partial charge in [0.25, 0.3) is 0 Å². The van der Waals surface area contributed by atoms with Crippen molar-refractivity contribution in [2.24, 2.45) is 0 Å². The fourth-order valence-electron chi connectivity index (χ4n) is 1.76. The molecule has 8 heteroatoms. The number of sulfonamides is 1. The van der Waals surface area contributed by atoms with Gasteiger partial charge in [0.05, 0.1) is 11.8 Å². The maximum atomic E-state index is 12.2. The highest BCUT2D eigenvalue weighted by molar-refractivity contribution is 7.91. The largest absolute Gasteiger partial charge is 0.379 e. The average Bonchev–Trinajstić information content (AvgIpc) is 3.06. The number of aromatic nitrogens is 1. The van der Waals surface area contributed by atoms with Crippen molar-refractivity contribution in [3.63, 3.8) is 0 Å². The van der Waals surface area contributed by atoms with Crippen LogP contribution in [0.4, 0.5) is 0 Å². The van der Waals surface area contributed by atoms with E-state index in [1.54, 1.807) is 17.5 Å². The topological polar surface area (TPSA) is 81.4 Å². The average molecular weight is 344 g/mol. The van der Waals surface area contributed by atoms with E-state index in [9.17, 15) is 8.42 Å². The second-order valence-corrected chi connectivity index (χ2v) is 8.06. The molecule has 0 aromatic carbocycles. The normalized spacial score (nSPS) is 12.2. The first-order valence-corrected chi connectivity index (χ1v) is 9.38. The molecule has 122 valence electrons. The molecule has 0 unspecified atom stereocenters. The maximum absolute atomic E-state index is 12.2. The second kappa shape index (κ2) is 7.36. The fourth-order valence-corrected chi connectivity index (χ4v) is 4.04. The van der Waals surface area contributed by atoms with Gasteiger partial charge in [-0.25, -0.2) is 13.1 Å². The van der Waals surface area contributed by atoms with Crippen LogP contribution in [0.15, 0.2) is 26.2 Å². The summed E-state index contributed by atoms with van der Waals surface area (Å²) in [5.74, 6) is 0.570. The van der Waals surface area contributed by atoms with Crippen LogP contribution in [0.1, 0.15) is 26.0 Å². The van der Waals surface area contributed by atoms with Gasteiger partial charge >= 0.3 is 0 Å². The third-order valence-corrected chi connectivity index (χ3v) is 5.72. The summed E-state index contributed by atoms with van der Waals surface area (Å²) < 4.78 is 37.7. The lowest BCUT2D eigenvalue weighted by molar-refractivity contribution is 0.0778. The molecular formula is C14H20N2O4S2. The van der Waals surface area contributed by atoms with E-state index in [1.807, 2.05) is 20.8 Å². The first-order valence-electron chi connectivity index (χ1n) is 7.02. The van der Waals surface area contributed by atoms with Gasteiger partial charge in [-0.3, -0.25) is 0 Å². The zero-order valence-corrected chi connectivity index (χ0v) is 14.5. The van der Waals surface area contributed by atoms with Gasteiger partial charge in [0, 0.05) is 30.2 Å². The van der Waals surface area contributed by atoms with Crippen molar-refractivity contribution in [2.75, 3.05) is 13.2 Å². The molecule has 6 nitrogen and oxygen atoms in total. The highest BCUT2D eigenvalue weighted by Crippen LogP contribution is 2.28. The van der Waals surface area contributed by atoms with E-state index in [0.29, 0.717) is 30.9 Å². The monoisotopic (exact) mass is 344 g/mol. The van der Waals surface area contributed by atoms with Crippen molar-refractivity contribution in [2.45, 2.75) is 37.5 Å². The number of aryl methyl sites for hydroxylation is 1. The molecule has 0 fully saturated rings. The van der Waals surface area contributed by atoms with Crippen molar-refractivity contribution in [1.29, 1.82) is 0 Å². The van der Waals surface area contributed by atoms with E-state index in [1.165, 1.54) is 0 Å². The molecule has 0 aliphatic carbocycles. The van der Waals surface area contributed by atoms with Gasteiger partial charge in [-0.15, -0.1) is 11.3 Å². The minimum absolute atomic E-state index is 0.154. The highest BCUT2D eigenvalue weighted by Gasteiger charge is 2.18. The molecular weight excluding hydrogens is 324 g/mol. The van der Waals surface area contributed by atoms with Crippen LogP contribution < -0.4 is 4.72 Å². The summed E-state index contributed by atoms with van der Waals surface area (Å²) in [4.78, 5) is 0. The van der Waals surface area contributed by atoms with Crippen LogP contribution in [0.3, 0.4) is 0 Å². The van der Waals surface area contributed by atoms with Gasteiger partial charge in [-0.05, 0) is 33.3 Å². The standard InChI is InChI=1S/C14H20N2O4S2/c1-10(2)19-6-4-5-15-22(17,18)14-8-12(9-21-14)13-7-11(3)16-20-13/h7-10,15H,4-6H2,1-3H3. The van der Waals surface area contributed by atoms with E-state index < -0.39 is 10.0 Å². The van der Waals surface area contributed by atoms with Gasteiger partial charge in [-0.1, -0.05) is 5.16 Å². The van der Waals surface area contributed by atoms with Gasteiger partial charge in [-0.2, -0.15) is 0 Å². The third-order valence-electron chi connectivity index (χ3n) is 2.82. The number of nitrogens with one attached hydrogen (secondary N) is 1. The summed E-state index contributed by atoms with van der Waals surface area (Å²) in [6.45, 7) is 6.60. The van der Waals surface area contributed by atoms with E-state index in [4.69, 9.17) is 9.26 Å². The number of hydrogen-bond acceptors (Lipinski definition) is 6. The van der Waals surface area contributed by atoms with Crippen LogP contribution in [-0.4, -0.2) is 32.8 Å². The Balaban J connectivity index is 1.94. The summed E-state index contributed by atoms with van der Waals surface area (Å²) in [5, 5.41) is 5.55. The van der Waals surface area contributed by atoms with Crippen molar-refractivity contribution in [3.8, 4) is 11.3 Å². The first kappa shape index (κ1) is 17.1. The van der Waals surface area contributed by atoms with Crippen LogP contribution in [0.5, 0.6) is 0 Å². The number of ether oxygens (including phenoxy) is 1. The Morgan fingerprint density at radius 2 is 2.18 bits per heavy atom. The lowest BCUT2D eigenvalue weighted by atomic mass is 10.2. The summed E-state index contributed by atoms with van der Waals surface area (Å²) in [7, 11) is -3.49. The molecule has 0 aliphatic rings. The van der Waals surface area contributed by atoms with Crippen molar-refractivity contribution in [3.05, 3.63) is 23.2 Å². The van der Waals surface area contributed by atoms with E-state index in [0.717, 1.165) is 17.0 Å². The SMILES string of the molecule is Cc1cc(-c2csc(S(=O)(=O)NCCCOC(C)C)c2)on1. The highest BCUT2D eigenvalue weighted by atomic mass is 32.2. The van der Waals surface area contributed by atoms with Crippen LogP contribution in [0.2, 0.25) is 0 Å². The Bertz CT molecular complexity index is 704. The molecule has 0 saturated carbocycles. The zero-order chi connectivity index (χ0) is 16.2. The van der Waals surface area contributed by atoms with Crippen molar-refractivity contribution < 1.29 is 17.7 Å². The third kappa shape index (κ3) is 4.64. The van der Waals surface area contributed by atoms with E-state index in [-0.39, 0.29) is 10.3 Å². The van der Waals surface area contributed by atoms with Crippen LogP contribution in [-0.2, 0) is 14.8 Å². The molecule has 0 radical (unpaired) electrons. The summed E-state index contributed by atoms with van der Waals surface area (Å²) >= 11 is 1.16. The molecule has 2 aromatic rings. The van der Waals surface area contributed by atoms with E-state index >= 15 is 0 Å². The predicted molar refractivity (Wildman–Crippen MR) is 85.4 cm³/mol. The smallest absolute Gasteiger partial charge is 0.250 e. The minimum atomic E-state index is -3.49. The van der Waals surface area contributed by atoms with Gasteiger partial charge in [0.15, 0.2) is 5.76 Å². The van der Waals surface area contributed by atoms with Crippen molar-refractivity contribution >= 4 is 21.4 Å². The van der Waals surface area contributed by atoms with Crippen LogP contribution in [0, 0.1) is 6.92 Å². The Labute approximate surface area is 134 Å². The van der Waals surface area contributed by atoms with Crippen LogP contribution in [0.25, 0.3) is 11.3 Å². The van der Waals surface area contributed by atoms with Crippen molar-refractivity contribution in [1.82, 2.24) is 9.88 Å². The molecule has 2 rings (SSSR count). The number of nitrogens with zero attached hydrogens (tertiary/aromatic N) is 1. The molecule has 22 heavy (non-hydrogen) atoms. The molecule has 1 N–H and O–H groups in total. The molecule has 0 spiro atoms. The molecule has 0 amide bonds. The summed E-state index contributed by atoms with van der Waals surface area (Å²) in [6, 6.07) is 3.37. The first-order chi connectivity index (χ1) is 10.4. The minimum Gasteiger partial charge on any atom is -0.379 e. The number of rotatable bonds is 8. The quantitative estimate of drug-likeness (QED) is 0.745. The Hall–Kier alpha value is -1.22. The molecule has 2 heterocycles. The second-order valence-electron chi connectivity index (χ2n) is 5.16. The molecule has 2 aromatic heterocycles. The van der Waals surface area contributed by atoms with Gasteiger partial charge in [0.1, 0.15) is 4.21 Å². The van der Waals surface area contributed by atoms with Gasteiger partial charge in [0.2, 0.25) is 10.0 Å². The number of thiophene rings is 1. The zero-order valence-electron chi connectivity index (χ0n) is 12.8. The van der Waals surface area contributed by atoms with E-state index in [2.05, 4.69) is 9.88 Å². The lowest BCUT2D eigenvalue weighted by Gasteiger charge is -2.07. The van der Waals surface area contributed by atoms with Crippen LogP contribution >= 0.6 is 11.3 Å². The molecule has 0 saturated heterocycles. The Morgan fingerprint density at radius 1 is 1.41 bits per heavy atom. The summed E-state index contributed by atoms with van der Waals surface area (Å²) in [6.07, 6.45) is 0.790. The molecule has 0 aliphatic heterocycles. The maximum Gasteiger partial charge on any atom is 0.250 e. The molecule has 0 bridgehead atoms. The predicted octanol–water partition coefficient (Wildman–Crippen LogP) is 2.80. The lowest BCUT2D eigenvalue weighted by Crippen LogP contribution is -2.25. The number of hydrogen-bond donors (Lipinski definition) is 1. The Kier molecular flexibility index (Phi) is 5.74.